The number of ether oxygens (including phenoxy) is 1. The van der Waals surface area contributed by atoms with Crippen LogP contribution in [0.1, 0.15) is 12.0 Å². The third-order valence-corrected chi connectivity index (χ3v) is 5.50. The van der Waals surface area contributed by atoms with Gasteiger partial charge < -0.3 is 10.1 Å². The van der Waals surface area contributed by atoms with Crippen LogP contribution < -0.4 is 5.32 Å². The van der Waals surface area contributed by atoms with Gasteiger partial charge in [-0.2, -0.15) is 0 Å². The first-order valence-corrected chi connectivity index (χ1v) is 8.35. The number of carbonyl (C=O) groups is 1. The van der Waals surface area contributed by atoms with Crippen LogP contribution in [0, 0.1) is 12.8 Å². The maximum Gasteiger partial charge on any atom is 0.229 e. The van der Waals surface area contributed by atoms with Gasteiger partial charge in [0, 0.05) is 32.5 Å². The van der Waals surface area contributed by atoms with Crippen molar-refractivity contribution in [3.63, 3.8) is 0 Å². The summed E-state index contributed by atoms with van der Waals surface area (Å²) in [6.07, 6.45) is 0.814. The van der Waals surface area contributed by atoms with Crippen molar-refractivity contribution in [2.24, 2.45) is 5.92 Å². The van der Waals surface area contributed by atoms with Gasteiger partial charge >= 0.3 is 0 Å². The molecule has 0 spiro atoms. The van der Waals surface area contributed by atoms with Crippen molar-refractivity contribution in [3.8, 4) is 0 Å². The van der Waals surface area contributed by atoms with E-state index in [0.29, 0.717) is 13.2 Å². The zero-order chi connectivity index (χ0) is 15.1. The van der Waals surface area contributed by atoms with Gasteiger partial charge in [-0.25, -0.2) is 0 Å². The lowest BCUT2D eigenvalue weighted by Gasteiger charge is -2.12. The van der Waals surface area contributed by atoms with Crippen LogP contribution in [-0.2, 0) is 9.53 Å². The number of thiophene rings is 1. The molecule has 112 valence electrons. The summed E-state index contributed by atoms with van der Waals surface area (Å²) in [4.78, 5) is 12.3. The van der Waals surface area contributed by atoms with Crippen LogP contribution >= 0.6 is 11.3 Å². The van der Waals surface area contributed by atoms with Gasteiger partial charge in [-0.1, -0.05) is 18.2 Å². The number of nitrogens with one attached hydrogen (secondary N) is 1. The third kappa shape index (κ3) is 2.19. The number of hydrogen-bond acceptors (Lipinski definition) is 3. The van der Waals surface area contributed by atoms with E-state index >= 15 is 0 Å². The summed E-state index contributed by atoms with van der Waals surface area (Å²) in [7, 11) is 0. The standard InChI is InChI=1S/C18H17NO2S/c1-11-14(19-18(20)12-8-9-21-10-12)6-7-16-17(11)13-4-2-3-5-15(13)22-16/h2-7,12H,8-10H2,1H3,(H,19,20). The van der Waals surface area contributed by atoms with E-state index in [1.165, 1.54) is 20.2 Å². The number of amides is 1. The van der Waals surface area contributed by atoms with Gasteiger partial charge in [0.25, 0.3) is 0 Å². The van der Waals surface area contributed by atoms with Gasteiger partial charge in [0.05, 0.1) is 12.5 Å². The van der Waals surface area contributed by atoms with E-state index in [1.807, 2.05) is 6.07 Å². The van der Waals surface area contributed by atoms with E-state index in [1.54, 1.807) is 11.3 Å². The molecule has 22 heavy (non-hydrogen) atoms. The highest BCUT2D eigenvalue weighted by molar-refractivity contribution is 7.25. The summed E-state index contributed by atoms with van der Waals surface area (Å²) in [5, 5.41) is 5.60. The fourth-order valence-electron chi connectivity index (χ4n) is 3.10. The van der Waals surface area contributed by atoms with Crippen molar-refractivity contribution in [2.75, 3.05) is 18.5 Å². The molecular formula is C18H17NO2S. The lowest BCUT2D eigenvalue weighted by molar-refractivity contribution is -0.119. The Bertz CT molecular complexity index is 862. The van der Waals surface area contributed by atoms with Gasteiger partial charge in [0.15, 0.2) is 0 Å². The minimum Gasteiger partial charge on any atom is -0.381 e. The van der Waals surface area contributed by atoms with E-state index < -0.39 is 0 Å². The largest absolute Gasteiger partial charge is 0.381 e. The lowest BCUT2D eigenvalue weighted by atomic mass is 10.0. The predicted molar refractivity (Wildman–Crippen MR) is 91.6 cm³/mol. The Balaban J connectivity index is 1.76. The highest BCUT2D eigenvalue weighted by Crippen LogP contribution is 2.38. The van der Waals surface area contributed by atoms with Gasteiger partial charge in [-0.3, -0.25) is 4.79 Å². The third-order valence-electron chi connectivity index (χ3n) is 4.36. The van der Waals surface area contributed by atoms with Crippen LogP contribution in [0.3, 0.4) is 0 Å². The second kappa shape index (κ2) is 5.38. The summed E-state index contributed by atoms with van der Waals surface area (Å²) in [6, 6.07) is 12.5. The van der Waals surface area contributed by atoms with Crippen molar-refractivity contribution < 1.29 is 9.53 Å². The number of hydrogen-bond donors (Lipinski definition) is 1. The zero-order valence-corrected chi connectivity index (χ0v) is 13.2. The van der Waals surface area contributed by atoms with Crippen molar-refractivity contribution in [1.82, 2.24) is 0 Å². The second-order valence-corrected chi connectivity index (χ2v) is 6.84. The summed E-state index contributed by atoms with van der Waals surface area (Å²) in [5.74, 6) is 0.0498. The van der Waals surface area contributed by atoms with Gasteiger partial charge in [-0.15, -0.1) is 11.3 Å². The highest BCUT2D eigenvalue weighted by atomic mass is 32.1. The van der Waals surface area contributed by atoms with Crippen molar-refractivity contribution >= 4 is 43.1 Å². The Kier molecular flexibility index (Phi) is 3.36. The Morgan fingerprint density at radius 2 is 2.09 bits per heavy atom. The van der Waals surface area contributed by atoms with Crippen LogP contribution in [0.5, 0.6) is 0 Å². The molecule has 4 heteroatoms. The van der Waals surface area contributed by atoms with Crippen LogP contribution in [-0.4, -0.2) is 19.1 Å². The quantitative estimate of drug-likeness (QED) is 0.764. The van der Waals surface area contributed by atoms with Crippen molar-refractivity contribution in [3.05, 3.63) is 42.0 Å². The van der Waals surface area contributed by atoms with Crippen LogP contribution in [0.25, 0.3) is 20.2 Å². The Hall–Kier alpha value is -1.91. The van der Waals surface area contributed by atoms with Gasteiger partial charge in [0.2, 0.25) is 5.91 Å². The SMILES string of the molecule is Cc1c(NC(=O)C2CCOC2)ccc2sc3ccccc3c12. The molecule has 1 saturated heterocycles. The molecule has 1 N–H and O–H groups in total. The first-order chi connectivity index (χ1) is 10.7. The number of benzene rings is 2. The summed E-state index contributed by atoms with van der Waals surface area (Å²) in [5.41, 5.74) is 2.05. The second-order valence-electron chi connectivity index (χ2n) is 5.76. The van der Waals surface area contributed by atoms with E-state index in [9.17, 15) is 4.79 Å². The lowest BCUT2D eigenvalue weighted by Crippen LogP contribution is -2.23. The smallest absolute Gasteiger partial charge is 0.229 e. The predicted octanol–water partition coefficient (Wildman–Crippen LogP) is 4.34. The monoisotopic (exact) mass is 311 g/mol. The zero-order valence-electron chi connectivity index (χ0n) is 12.4. The minimum atomic E-state index is -0.0192. The molecule has 1 fully saturated rings. The molecule has 0 bridgehead atoms. The van der Waals surface area contributed by atoms with Crippen LogP contribution in [0.15, 0.2) is 36.4 Å². The molecule has 0 aliphatic carbocycles. The molecule has 3 aromatic rings. The molecule has 3 nitrogen and oxygen atoms in total. The van der Waals surface area contributed by atoms with Crippen LogP contribution in [0.4, 0.5) is 5.69 Å². The number of fused-ring (bicyclic) bond motifs is 3. The topological polar surface area (TPSA) is 38.3 Å². The molecule has 1 aromatic heterocycles. The summed E-state index contributed by atoms with van der Waals surface area (Å²) in [6.45, 7) is 3.31. The highest BCUT2D eigenvalue weighted by Gasteiger charge is 2.24. The molecule has 1 unspecified atom stereocenters. The summed E-state index contributed by atoms with van der Waals surface area (Å²) < 4.78 is 7.85. The van der Waals surface area contributed by atoms with E-state index in [4.69, 9.17) is 4.74 Å². The average molecular weight is 311 g/mol. The fourth-order valence-corrected chi connectivity index (χ4v) is 4.26. The normalized spacial score (nSPS) is 18.1. The van der Waals surface area contributed by atoms with Gasteiger partial charge in [-0.05, 0) is 37.1 Å². The molecule has 1 amide bonds. The van der Waals surface area contributed by atoms with Gasteiger partial charge in [0.1, 0.15) is 0 Å². The number of rotatable bonds is 2. The molecule has 1 aliphatic rings. The molecule has 2 aromatic carbocycles. The molecule has 1 aliphatic heterocycles. The Labute approximate surface area is 132 Å². The van der Waals surface area contributed by atoms with Crippen molar-refractivity contribution in [2.45, 2.75) is 13.3 Å². The van der Waals surface area contributed by atoms with Crippen LogP contribution in [0.2, 0.25) is 0 Å². The number of carbonyl (C=O) groups excluding carboxylic acids is 1. The fraction of sp³-hybridized carbons (Fsp3) is 0.278. The Morgan fingerprint density at radius 3 is 2.91 bits per heavy atom. The molecule has 1 atom stereocenters. The average Bonchev–Trinajstić information content (AvgIpc) is 3.17. The maximum atomic E-state index is 12.3. The Morgan fingerprint density at radius 1 is 1.23 bits per heavy atom. The van der Waals surface area contributed by atoms with E-state index in [-0.39, 0.29) is 11.8 Å². The van der Waals surface area contributed by atoms with E-state index in [2.05, 4.69) is 42.6 Å². The summed E-state index contributed by atoms with van der Waals surface area (Å²) >= 11 is 1.80. The number of aryl methyl sites for hydroxylation is 1. The van der Waals surface area contributed by atoms with E-state index in [0.717, 1.165) is 17.7 Å². The first kappa shape index (κ1) is 13.7. The number of anilines is 1. The molecule has 0 radical (unpaired) electrons. The molecule has 0 saturated carbocycles. The maximum absolute atomic E-state index is 12.3. The molecule has 4 rings (SSSR count). The molecule has 2 heterocycles. The minimum absolute atomic E-state index is 0.0192. The van der Waals surface area contributed by atoms with Crippen molar-refractivity contribution in [1.29, 1.82) is 0 Å². The first-order valence-electron chi connectivity index (χ1n) is 7.53. The molecular weight excluding hydrogens is 294 g/mol.